The van der Waals surface area contributed by atoms with Gasteiger partial charge in [0.2, 0.25) is 6.29 Å². The highest BCUT2D eigenvalue weighted by Crippen LogP contribution is 2.26. The molecule has 0 bridgehead atoms. The molecule has 0 saturated heterocycles. The highest BCUT2D eigenvalue weighted by molar-refractivity contribution is 8.16. The van der Waals surface area contributed by atoms with E-state index in [1.54, 1.807) is 19.1 Å². The largest absolute Gasteiger partial charge is 0.464 e. The number of aliphatic hydroxyl groups excluding tert-OH is 1. The lowest BCUT2D eigenvalue weighted by Gasteiger charge is -2.28. The van der Waals surface area contributed by atoms with Crippen LogP contribution in [0.3, 0.4) is 0 Å². The van der Waals surface area contributed by atoms with Gasteiger partial charge in [-0.05, 0) is 31.1 Å². The Balaban J connectivity index is 2.19. The van der Waals surface area contributed by atoms with Gasteiger partial charge in [-0.25, -0.2) is 4.99 Å². The first-order valence-electron chi connectivity index (χ1n) is 8.25. The third kappa shape index (κ3) is 4.54. The summed E-state index contributed by atoms with van der Waals surface area (Å²) in [5.41, 5.74) is 5.71. The number of amides is 1. The molecule has 2 aliphatic rings. The number of nitrogens with one attached hydrogen (secondary N) is 1. The molecule has 1 unspecified atom stereocenters. The summed E-state index contributed by atoms with van der Waals surface area (Å²) in [6, 6.07) is -0.455. The summed E-state index contributed by atoms with van der Waals surface area (Å²) in [4.78, 5) is 17.0. The summed E-state index contributed by atoms with van der Waals surface area (Å²) in [7, 11) is 0. The zero-order valence-corrected chi connectivity index (χ0v) is 15.6. The van der Waals surface area contributed by atoms with Crippen LogP contribution >= 0.6 is 11.8 Å². The Morgan fingerprint density at radius 2 is 2.46 bits per heavy atom. The Morgan fingerprint density at radius 3 is 3.08 bits per heavy atom. The highest BCUT2D eigenvalue weighted by Gasteiger charge is 2.41. The number of ether oxygens (including phenoxy) is 1. The van der Waals surface area contributed by atoms with Crippen LogP contribution in [0.4, 0.5) is 0 Å². The summed E-state index contributed by atoms with van der Waals surface area (Å²) < 4.78 is 5.45. The van der Waals surface area contributed by atoms with Crippen LogP contribution in [0, 0.1) is 0 Å². The van der Waals surface area contributed by atoms with Crippen molar-refractivity contribution in [1.82, 2.24) is 5.32 Å². The topological polar surface area (TPSA) is 130 Å². The maximum atomic E-state index is 12.7. The molecule has 0 aromatic rings. The van der Waals surface area contributed by atoms with Crippen molar-refractivity contribution in [3.63, 3.8) is 0 Å². The number of oxime groups is 1. The normalized spacial score (nSPS) is 27.0. The molecular weight excluding hydrogens is 356 g/mol. The van der Waals surface area contributed by atoms with E-state index < -0.39 is 23.9 Å². The number of hydrogen-bond acceptors (Lipinski definition) is 8. The maximum absolute atomic E-state index is 12.7. The fraction of sp³-hybridized carbons (Fsp3) is 0.471. The summed E-state index contributed by atoms with van der Waals surface area (Å²) in [6.07, 6.45) is 5.14. The van der Waals surface area contributed by atoms with Crippen molar-refractivity contribution in [3.05, 3.63) is 36.1 Å². The van der Waals surface area contributed by atoms with Gasteiger partial charge < -0.3 is 20.4 Å². The van der Waals surface area contributed by atoms with E-state index in [0.717, 1.165) is 6.42 Å². The van der Waals surface area contributed by atoms with Crippen LogP contribution in [0.25, 0.3) is 0 Å². The molecule has 2 aliphatic heterocycles. The van der Waals surface area contributed by atoms with Gasteiger partial charge in [-0.15, -0.1) is 11.8 Å². The summed E-state index contributed by atoms with van der Waals surface area (Å²) in [5.74, 6) is 0.217. The quantitative estimate of drug-likeness (QED) is 0.299. The summed E-state index contributed by atoms with van der Waals surface area (Å²) in [5, 5.41) is 25.1. The van der Waals surface area contributed by atoms with Crippen molar-refractivity contribution in [1.29, 1.82) is 0 Å². The van der Waals surface area contributed by atoms with Crippen molar-refractivity contribution in [3.8, 4) is 0 Å². The molecule has 0 radical (unpaired) electrons. The predicted octanol–water partition coefficient (Wildman–Crippen LogP) is 1.27. The van der Waals surface area contributed by atoms with Gasteiger partial charge in [-0.1, -0.05) is 31.2 Å². The lowest BCUT2D eigenvalue weighted by Crippen LogP contribution is -2.56. The molecule has 8 nitrogen and oxygen atoms in total. The highest BCUT2D eigenvalue weighted by atomic mass is 32.2. The van der Waals surface area contributed by atoms with E-state index in [1.165, 1.54) is 17.8 Å². The number of aliphatic imine (C=N–C) groups is 1. The summed E-state index contributed by atoms with van der Waals surface area (Å²) in [6.45, 7) is 7.25. The molecule has 0 spiro atoms. The van der Waals surface area contributed by atoms with E-state index in [2.05, 4.69) is 22.0 Å². The molecule has 0 fully saturated rings. The van der Waals surface area contributed by atoms with Crippen LogP contribution in [0.1, 0.15) is 26.7 Å². The number of thioether (sulfide) groups is 1. The minimum Gasteiger partial charge on any atom is -0.464 e. The van der Waals surface area contributed by atoms with E-state index in [0.29, 0.717) is 28.5 Å². The first-order valence-corrected chi connectivity index (χ1v) is 9.23. The number of carbonyl (C=O) groups excluding carboxylic acids is 1. The molecule has 26 heavy (non-hydrogen) atoms. The van der Waals surface area contributed by atoms with Gasteiger partial charge in [-0.2, -0.15) is 0 Å². The van der Waals surface area contributed by atoms with E-state index in [9.17, 15) is 9.90 Å². The Hall–Kier alpha value is -2.10. The second-order valence-corrected chi connectivity index (χ2v) is 7.02. The zero-order chi connectivity index (χ0) is 19.3. The standard InChI is InChI=1S/C17H24N4O4S/c1-4-6-12(13-7-11(5-2)8-14(22)25-13)19-16(23)17(18)9-26-15(20-17)10(3)21-24/h5,7-8,12,14,22,24H,2,4,6,9,18H2,1,3H3,(H,19,23)/b21-10+/t12-,14?,17+/m1/s1. The van der Waals surface area contributed by atoms with Crippen LogP contribution in [0.15, 0.2) is 46.3 Å². The molecule has 0 saturated carbocycles. The predicted molar refractivity (Wildman–Crippen MR) is 102 cm³/mol. The number of rotatable bonds is 7. The number of nitrogens with two attached hydrogens (primary N) is 1. The number of nitrogens with zero attached hydrogens (tertiary/aromatic N) is 2. The Labute approximate surface area is 156 Å². The van der Waals surface area contributed by atoms with Crippen LogP contribution in [-0.2, 0) is 9.53 Å². The van der Waals surface area contributed by atoms with Crippen molar-refractivity contribution in [2.24, 2.45) is 15.9 Å². The molecule has 0 aromatic carbocycles. The minimum absolute atomic E-state index is 0.236. The molecule has 0 aromatic heterocycles. The van der Waals surface area contributed by atoms with Gasteiger partial charge in [0.25, 0.3) is 5.91 Å². The lowest BCUT2D eigenvalue weighted by atomic mass is 10.0. The van der Waals surface area contributed by atoms with Crippen LogP contribution < -0.4 is 11.1 Å². The molecule has 0 aliphatic carbocycles. The third-order valence-corrected chi connectivity index (χ3v) is 5.19. The zero-order valence-electron chi connectivity index (χ0n) is 14.8. The Kier molecular flexibility index (Phi) is 6.63. The molecule has 142 valence electrons. The SMILES string of the molecule is C=CC1=CC(O)OC([C@@H](CCC)NC(=O)[C@]2(N)CSC(/C(C)=N/O)=N2)=C1. The smallest absolute Gasteiger partial charge is 0.264 e. The first-order chi connectivity index (χ1) is 12.3. The van der Waals surface area contributed by atoms with Crippen molar-refractivity contribution >= 4 is 28.4 Å². The van der Waals surface area contributed by atoms with Crippen LogP contribution in [0.5, 0.6) is 0 Å². The maximum Gasteiger partial charge on any atom is 0.264 e. The Bertz CT molecular complexity index is 701. The fourth-order valence-corrected chi connectivity index (χ4v) is 3.55. The van der Waals surface area contributed by atoms with Crippen molar-refractivity contribution in [2.45, 2.75) is 44.7 Å². The third-order valence-electron chi connectivity index (χ3n) is 3.95. The lowest BCUT2D eigenvalue weighted by molar-refractivity contribution is -0.126. The summed E-state index contributed by atoms with van der Waals surface area (Å²) >= 11 is 1.26. The monoisotopic (exact) mass is 380 g/mol. The van der Waals surface area contributed by atoms with Gasteiger partial charge >= 0.3 is 0 Å². The van der Waals surface area contributed by atoms with E-state index in [4.69, 9.17) is 15.7 Å². The minimum atomic E-state index is -1.46. The molecule has 1 amide bonds. The average Bonchev–Trinajstić information content (AvgIpc) is 3.03. The van der Waals surface area contributed by atoms with E-state index in [1.807, 2.05) is 6.92 Å². The second kappa shape index (κ2) is 8.52. The fourth-order valence-electron chi connectivity index (χ4n) is 2.52. The van der Waals surface area contributed by atoms with Gasteiger partial charge in [0.1, 0.15) is 16.5 Å². The van der Waals surface area contributed by atoms with E-state index >= 15 is 0 Å². The van der Waals surface area contributed by atoms with Gasteiger partial charge in [0.05, 0.1) is 6.04 Å². The van der Waals surface area contributed by atoms with Crippen LogP contribution in [0.2, 0.25) is 0 Å². The molecule has 2 rings (SSSR count). The molecule has 9 heteroatoms. The van der Waals surface area contributed by atoms with Crippen LogP contribution in [-0.4, -0.2) is 50.7 Å². The van der Waals surface area contributed by atoms with Gasteiger partial charge in [0.15, 0.2) is 5.66 Å². The molecule has 5 N–H and O–H groups in total. The first kappa shape index (κ1) is 20.2. The molecule has 3 atom stereocenters. The number of aliphatic hydroxyl groups is 1. The van der Waals surface area contributed by atoms with Gasteiger partial charge in [-0.3, -0.25) is 10.5 Å². The average molecular weight is 380 g/mol. The number of carbonyl (C=O) groups is 1. The Morgan fingerprint density at radius 1 is 1.73 bits per heavy atom. The number of hydrogen-bond donors (Lipinski definition) is 4. The van der Waals surface area contributed by atoms with Crippen molar-refractivity contribution < 1.29 is 19.8 Å². The number of allylic oxidation sites excluding steroid dienone is 3. The van der Waals surface area contributed by atoms with Crippen molar-refractivity contribution in [2.75, 3.05) is 5.75 Å². The molecular formula is C17H24N4O4S. The second-order valence-electron chi connectivity index (χ2n) is 6.06. The van der Waals surface area contributed by atoms with Gasteiger partial charge in [0, 0.05) is 5.75 Å². The molecule has 2 heterocycles. The van der Waals surface area contributed by atoms with E-state index in [-0.39, 0.29) is 5.75 Å².